The van der Waals surface area contributed by atoms with Crippen molar-refractivity contribution in [2.45, 2.75) is 5.41 Å². The van der Waals surface area contributed by atoms with Crippen LogP contribution >= 0.6 is 11.3 Å². The fourth-order valence-corrected chi connectivity index (χ4v) is 13.3. The van der Waals surface area contributed by atoms with Gasteiger partial charge in [0, 0.05) is 47.7 Å². The average Bonchev–Trinajstić information content (AvgIpc) is 4.02. The first kappa shape index (κ1) is 36.1. The molecule has 0 saturated heterocycles. The molecule has 0 N–H and O–H groups in total. The molecule has 3 heteroatoms. The van der Waals surface area contributed by atoms with Crippen molar-refractivity contribution in [3.8, 4) is 27.9 Å². The Balaban J connectivity index is 1.07. The molecule has 0 radical (unpaired) electrons. The van der Waals surface area contributed by atoms with Crippen molar-refractivity contribution in [2.24, 2.45) is 0 Å². The molecule has 0 atom stereocenters. The molecule has 0 aliphatic heterocycles. The fraction of sp³-hybridized carbons (Fsp3) is 0.0159. The normalized spacial score (nSPS) is 13.3. The van der Waals surface area contributed by atoms with Crippen molar-refractivity contribution in [3.63, 3.8) is 0 Å². The maximum atomic E-state index is 2.55. The van der Waals surface area contributed by atoms with E-state index in [0.717, 1.165) is 17.1 Å². The van der Waals surface area contributed by atoms with Gasteiger partial charge < -0.3 is 9.47 Å². The Morgan fingerprint density at radius 1 is 0.348 bits per heavy atom. The predicted octanol–water partition coefficient (Wildman–Crippen LogP) is 17.3. The van der Waals surface area contributed by atoms with Gasteiger partial charge in [-0.05, 0) is 115 Å². The third kappa shape index (κ3) is 4.69. The van der Waals surface area contributed by atoms with Crippen LogP contribution in [0.2, 0.25) is 0 Å². The van der Waals surface area contributed by atoms with Gasteiger partial charge in [-0.2, -0.15) is 0 Å². The van der Waals surface area contributed by atoms with E-state index in [1.807, 2.05) is 11.3 Å². The second-order valence-electron chi connectivity index (χ2n) is 17.9. The first-order valence-corrected chi connectivity index (χ1v) is 23.7. The van der Waals surface area contributed by atoms with E-state index in [9.17, 15) is 0 Å². The largest absolute Gasteiger partial charge is 0.310 e. The summed E-state index contributed by atoms with van der Waals surface area (Å²) in [4.78, 5) is 2.55. The van der Waals surface area contributed by atoms with Gasteiger partial charge in [-0.1, -0.05) is 176 Å². The number of nitrogens with zero attached hydrogens (tertiary/aromatic N) is 2. The first-order valence-electron chi connectivity index (χ1n) is 22.8. The van der Waals surface area contributed by atoms with Crippen LogP contribution in [0.1, 0.15) is 22.3 Å². The average molecular weight is 855 g/mol. The number of rotatable bonds is 4. The van der Waals surface area contributed by atoms with E-state index in [2.05, 4.69) is 240 Å². The highest BCUT2D eigenvalue weighted by Gasteiger charge is 2.50. The van der Waals surface area contributed by atoms with Crippen LogP contribution in [0.3, 0.4) is 0 Å². The highest BCUT2D eigenvalue weighted by molar-refractivity contribution is 7.26. The summed E-state index contributed by atoms with van der Waals surface area (Å²) in [5, 5.41) is 10.1. The van der Waals surface area contributed by atoms with Crippen molar-refractivity contribution < 1.29 is 0 Å². The SMILES string of the molecule is c1ccc2c(c1)-c1ccccc1C21c2cc(N(c3ccc4c5ccccc5n(-c5cccc6ccccc56)c4c3)c3cccc4sc5ccccc5c34)ccc2-c2cccc3cccc1c23. The summed E-state index contributed by atoms with van der Waals surface area (Å²) < 4.78 is 5.05. The van der Waals surface area contributed by atoms with Crippen molar-refractivity contribution in [1.29, 1.82) is 0 Å². The lowest BCUT2D eigenvalue weighted by Crippen LogP contribution is -2.32. The summed E-state index contributed by atoms with van der Waals surface area (Å²) in [5.41, 5.74) is 16.9. The summed E-state index contributed by atoms with van der Waals surface area (Å²) in [7, 11) is 0. The Morgan fingerprint density at radius 2 is 0.924 bits per heavy atom. The number of para-hydroxylation sites is 1. The molecule has 0 fully saturated rings. The van der Waals surface area contributed by atoms with Gasteiger partial charge in [-0.25, -0.2) is 0 Å². The minimum absolute atomic E-state index is 0.538. The molecular weight excluding hydrogens is 817 g/mol. The Kier molecular flexibility index (Phi) is 7.34. The van der Waals surface area contributed by atoms with Crippen LogP contribution in [0, 0.1) is 0 Å². The molecule has 0 unspecified atom stereocenters. The molecule has 11 aromatic carbocycles. The maximum absolute atomic E-state index is 2.55. The second kappa shape index (κ2) is 13.4. The molecule has 0 saturated carbocycles. The second-order valence-corrected chi connectivity index (χ2v) is 19.0. The lowest BCUT2D eigenvalue weighted by atomic mass is 9.61. The van der Waals surface area contributed by atoms with E-state index in [0.29, 0.717) is 0 Å². The number of fused-ring (bicyclic) bond motifs is 16. The van der Waals surface area contributed by atoms with Gasteiger partial charge in [0.25, 0.3) is 0 Å². The molecule has 2 heterocycles. The van der Waals surface area contributed by atoms with Crippen molar-refractivity contribution >= 4 is 91.9 Å². The summed E-state index contributed by atoms with van der Waals surface area (Å²) in [6.45, 7) is 0. The van der Waals surface area contributed by atoms with Crippen LogP contribution in [-0.4, -0.2) is 4.57 Å². The molecule has 2 aliphatic carbocycles. The number of thiophene rings is 1. The van der Waals surface area contributed by atoms with Gasteiger partial charge in [0.05, 0.1) is 27.8 Å². The van der Waals surface area contributed by atoms with Gasteiger partial charge in [0.15, 0.2) is 0 Å². The summed E-state index contributed by atoms with van der Waals surface area (Å²) in [5.74, 6) is 0. The number of anilines is 3. The minimum Gasteiger partial charge on any atom is -0.310 e. The third-order valence-electron chi connectivity index (χ3n) is 14.8. The first-order chi connectivity index (χ1) is 32.8. The minimum atomic E-state index is -0.538. The highest BCUT2D eigenvalue weighted by atomic mass is 32.1. The summed E-state index contributed by atoms with van der Waals surface area (Å²) >= 11 is 1.87. The van der Waals surface area contributed by atoms with Gasteiger partial charge >= 0.3 is 0 Å². The Hall–Kier alpha value is -8.24. The molecule has 2 nitrogen and oxygen atoms in total. The lowest BCUT2D eigenvalue weighted by molar-refractivity contribution is 0.773. The molecule has 2 aliphatic rings. The van der Waals surface area contributed by atoms with E-state index in [1.54, 1.807) is 0 Å². The number of hydrogen-bond donors (Lipinski definition) is 0. The smallest absolute Gasteiger partial charge is 0.0726 e. The maximum Gasteiger partial charge on any atom is 0.0726 e. The topological polar surface area (TPSA) is 8.17 Å². The highest BCUT2D eigenvalue weighted by Crippen LogP contribution is 2.62. The van der Waals surface area contributed by atoms with Crippen LogP contribution in [0.15, 0.2) is 231 Å². The third-order valence-corrected chi connectivity index (χ3v) is 15.9. The van der Waals surface area contributed by atoms with E-state index < -0.39 is 5.41 Å². The summed E-state index contributed by atoms with van der Waals surface area (Å²) in [6, 6.07) is 86.6. The molecule has 306 valence electrons. The molecule has 66 heavy (non-hydrogen) atoms. The standard InChI is InChI=1S/C63H38N2S/c1-2-19-43-39(15-1)16-13-29-55(43)65-56-28-9-5-22-47(56)48-36-34-42(38-58(48)65)64(57-30-14-32-60-62(57)50-23-6-10-31-59(50)66-60)41-33-35-46-49-24-11-17-40-18-12-27-53(61(40)49)63(54(46)37-41)51-25-7-3-20-44(51)45-21-4-8-26-52(45)63/h1-38H. The number of hydrogen-bond acceptors (Lipinski definition) is 2. The van der Waals surface area contributed by atoms with Crippen molar-refractivity contribution in [1.82, 2.24) is 4.57 Å². The van der Waals surface area contributed by atoms with Gasteiger partial charge in [0.1, 0.15) is 0 Å². The molecule has 13 aromatic rings. The Bertz CT molecular complexity index is 4150. The zero-order chi connectivity index (χ0) is 43.1. The number of benzene rings is 11. The van der Waals surface area contributed by atoms with Gasteiger partial charge in [-0.3, -0.25) is 0 Å². The zero-order valence-electron chi connectivity index (χ0n) is 35.7. The van der Waals surface area contributed by atoms with Crippen molar-refractivity contribution in [3.05, 3.63) is 253 Å². The van der Waals surface area contributed by atoms with Crippen LogP contribution in [0.25, 0.3) is 91.5 Å². The quantitative estimate of drug-likeness (QED) is 0.171. The van der Waals surface area contributed by atoms with E-state index in [4.69, 9.17) is 0 Å². The van der Waals surface area contributed by atoms with Crippen molar-refractivity contribution in [2.75, 3.05) is 4.90 Å². The van der Waals surface area contributed by atoms with Gasteiger partial charge in [-0.15, -0.1) is 11.3 Å². The molecule has 0 bridgehead atoms. The van der Waals surface area contributed by atoms with Crippen LogP contribution in [0.4, 0.5) is 17.1 Å². The van der Waals surface area contributed by atoms with Crippen LogP contribution in [-0.2, 0) is 5.41 Å². The summed E-state index contributed by atoms with van der Waals surface area (Å²) in [6.07, 6.45) is 0. The van der Waals surface area contributed by atoms with Gasteiger partial charge in [0.2, 0.25) is 0 Å². The van der Waals surface area contributed by atoms with Crippen LogP contribution in [0.5, 0.6) is 0 Å². The molecule has 15 rings (SSSR count). The van der Waals surface area contributed by atoms with Crippen LogP contribution < -0.4 is 4.90 Å². The number of aromatic nitrogens is 1. The monoisotopic (exact) mass is 854 g/mol. The van der Waals surface area contributed by atoms with E-state index >= 15 is 0 Å². The van der Waals surface area contributed by atoms with E-state index in [1.165, 1.54) is 114 Å². The lowest BCUT2D eigenvalue weighted by Gasteiger charge is -2.41. The predicted molar refractivity (Wildman–Crippen MR) is 280 cm³/mol. The molecule has 2 aromatic heterocycles. The fourth-order valence-electron chi connectivity index (χ4n) is 12.2. The molecule has 0 amide bonds. The van der Waals surface area contributed by atoms with E-state index in [-0.39, 0.29) is 0 Å². The zero-order valence-corrected chi connectivity index (χ0v) is 36.6. The molecular formula is C63H38N2S. The Morgan fingerprint density at radius 3 is 1.79 bits per heavy atom. The molecule has 1 spiro atoms. The Labute approximate surface area is 385 Å².